The van der Waals surface area contributed by atoms with Crippen LogP contribution in [0.1, 0.15) is 33.6 Å². The number of likely N-dealkylation sites (N-methyl/N-ethyl adjacent to an activating group) is 1. The van der Waals surface area contributed by atoms with E-state index < -0.39 is 0 Å². The molecule has 0 aromatic rings. The van der Waals surface area contributed by atoms with E-state index >= 15 is 0 Å². The summed E-state index contributed by atoms with van der Waals surface area (Å²) in [7, 11) is 0. The Bertz CT molecular complexity index is 201. The van der Waals surface area contributed by atoms with Crippen molar-refractivity contribution >= 4 is 5.91 Å². The molecule has 1 unspecified atom stereocenters. The van der Waals surface area contributed by atoms with Gasteiger partial charge in [-0.2, -0.15) is 0 Å². The molecule has 0 fully saturated rings. The number of hydrogen-bond donors (Lipinski definition) is 1. The van der Waals surface area contributed by atoms with Gasteiger partial charge >= 0.3 is 0 Å². The van der Waals surface area contributed by atoms with E-state index in [4.69, 9.17) is 5.73 Å². The lowest BCUT2D eigenvalue weighted by atomic mass is 10.1. The summed E-state index contributed by atoms with van der Waals surface area (Å²) in [5, 5.41) is 0. The molecule has 0 spiro atoms. The highest BCUT2D eigenvalue weighted by atomic mass is 16.2. The van der Waals surface area contributed by atoms with Crippen molar-refractivity contribution in [1.29, 1.82) is 0 Å². The molecule has 0 aromatic carbocycles. The van der Waals surface area contributed by atoms with Gasteiger partial charge in [0.25, 0.3) is 0 Å². The maximum atomic E-state index is 11.8. The normalized spacial score (nSPS) is 12.3. The fourth-order valence-electron chi connectivity index (χ4n) is 1.34. The van der Waals surface area contributed by atoms with Crippen molar-refractivity contribution in [3.05, 3.63) is 12.2 Å². The van der Waals surface area contributed by atoms with Gasteiger partial charge in [0.05, 0.1) is 6.04 Å². The maximum Gasteiger partial charge on any atom is 0.239 e. The minimum atomic E-state index is -0.348. The van der Waals surface area contributed by atoms with Gasteiger partial charge in [-0.1, -0.05) is 25.5 Å². The van der Waals surface area contributed by atoms with Crippen LogP contribution in [0.2, 0.25) is 0 Å². The quantitative estimate of drug-likeness (QED) is 0.658. The third-order valence-electron chi connectivity index (χ3n) is 2.07. The number of amides is 1. The van der Waals surface area contributed by atoms with Crippen LogP contribution in [-0.2, 0) is 4.79 Å². The second-order valence-electron chi connectivity index (χ2n) is 3.70. The van der Waals surface area contributed by atoms with Gasteiger partial charge in [0.2, 0.25) is 5.91 Å². The van der Waals surface area contributed by atoms with E-state index in [9.17, 15) is 4.79 Å². The molecule has 0 bridgehead atoms. The van der Waals surface area contributed by atoms with E-state index in [2.05, 4.69) is 6.58 Å². The van der Waals surface area contributed by atoms with Gasteiger partial charge in [0.15, 0.2) is 0 Å². The van der Waals surface area contributed by atoms with Crippen molar-refractivity contribution in [2.24, 2.45) is 5.73 Å². The van der Waals surface area contributed by atoms with Crippen molar-refractivity contribution in [1.82, 2.24) is 4.90 Å². The zero-order valence-electron chi connectivity index (χ0n) is 9.55. The molecule has 0 heterocycles. The Hall–Kier alpha value is -0.830. The van der Waals surface area contributed by atoms with Crippen LogP contribution in [-0.4, -0.2) is 29.9 Å². The van der Waals surface area contributed by atoms with E-state index in [-0.39, 0.29) is 11.9 Å². The van der Waals surface area contributed by atoms with Gasteiger partial charge in [0, 0.05) is 13.1 Å². The fourth-order valence-corrected chi connectivity index (χ4v) is 1.34. The van der Waals surface area contributed by atoms with Crippen molar-refractivity contribution in [2.75, 3.05) is 13.1 Å². The lowest BCUT2D eigenvalue weighted by molar-refractivity contribution is -0.132. The third-order valence-corrected chi connectivity index (χ3v) is 2.07. The number of carbonyl (C=O) groups excluding carboxylic acids is 1. The number of rotatable bonds is 6. The van der Waals surface area contributed by atoms with Gasteiger partial charge < -0.3 is 10.6 Å². The van der Waals surface area contributed by atoms with Crippen molar-refractivity contribution in [3.8, 4) is 0 Å². The number of carbonyl (C=O) groups is 1. The molecule has 14 heavy (non-hydrogen) atoms. The summed E-state index contributed by atoms with van der Waals surface area (Å²) < 4.78 is 0. The van der Waals surface area contributed by atoms with Gasteiger partial charge in [-0.15, -0.1) is 0 Å². The van der Waals surface area contributed by atoms with Crippen molar-refractivity contribution in [2.45, 2.75) is 39.7 Å². The highest BCUT2D eigenvalue weighted by Gasteiger charge is 2.18. The predicted octanol–water partition coefficient (Wildman–Crippen LogP) is 1.54. The highest BCUT2D eigenvalue weighted by Crippen LogP contribution is 2.02. The summed E-state index contributed by atoms with van der Waals surface area (Å²) in [5.74, 6) is 0.0392. The van der Waals surface area contributed by atoms with Crippen LogP contribution in [0.3, 0.4) is 0 Å². The second kappa shape index (κ2) is 6.60. The van der Waals surface area contributed by atoms with Gasteiger partial charge in [-0.3, -0.25) is 4.79 Å². The minimum Gasteiger partial charge on any atom is -0.338 e. The van der Waals surface area contributed by atoms with Gasteiger partial charge in [0.1, 0.15) is 0 Å². The zero-order valence-corrected chi connectivity index (χ0v) is 9.55. The van der Waals surface area contributed by atoms with Gasteiger partial charge in [-0.25, -0.2) is 0 Å². The summed E-state index contributed by atoms with van der Waals surface area (Å²) in [5.41, 5.74) is 6.75. The molecule has 0 aliphatic carbocycles. The molecule has 0 saturated carbocycles. The van der Waals surface area contributed by atoms with Crippen LogP contribution in [0.4, 0.5) is 0 Å². The Labute approximate surface area is 87.0 Å². The summed E-state index contributed by atoms with van der Waals surface area (Å²) in [6.45, 7) is 11.0. The van der Waals surface area contributed by atoms with Crippen LogP contribution in [0.15, 0.2) is 12.2 Å². The molecule has 0 radical (unpaired) electrons. The molecule has 0 aromatic heterocycles. The first-order chi connectivity index (χ1) is 6.52. The number of nitrogens with two attached hydrogens (primary N) is 1. The molecule has 1 amide bonds. The summed E-state index contributed by atoms with van der Waals surface area (Å²) in [4.78, 5) is 13.5. The molecular formula is C11H22N2O. The molecule has 2 N–H and O–H groups in total. The molecule has 3 heteroatoms. The monoisotopic (exact) mass is 198 g/mol. The summed E-state index contributed by atoms with van der Waals surface area (Å²) >= 11 is 0. The van der Waals surface area contributed by atoms with Crippen LogP contribution in [0.25, 0.3) is 0 Å². The lowest BCUT2D eigenvalue weighted by Crippen LogP contribution is -2.44. The lowest BCUT2D eigenvalue weighted by Gasteiger charge is -2.24. The van der Waals surface area contributed by atoms with Crippen LogP contribution in [0.5, 0.6) is 0 Å². The fraction of sp³-hybridized carbons (Fsp3) is 0.727. The number of hydrogen-bond acceptors (Lipinski definition) is 2. The summed E-state index contributed by atoms with van der Waals surface area (Å²) in [6, 6.07) is -0.348. The molecule has 82 valence electrons. The molecular weight excluding hydrogens is 176 g/mol. The standard InChI is InChI=1S/C11H22N2O/c1-5-7-10(12)11(14)13(6-2)8-9(3)4/h10H,3,5-8,12H2,1-2,4H3. The Morgan fingerprint density at radius 1 is 1.50 bits per heavy atom. The Kier molecular flexibility index (Phi) is 6.21. The van der Waals surface area contributed by atoms with Crippen molar-refractivity contribution in [3.63, 3.8) is 0 Å². The first-order valence-electron chi connectivity index (χ1n) is 5.21. The second-order valence-corrected chi connectivity index (χ2v) is 3.70. The average molecular weight is 198 g/mol. The summed E-state index contributed by atoms with van der Waals surface area (Å²) in [6.07, 6.45) is 1.70. The smallest absolute Gasteiger partial charge is 0.239 e. The molecule has 0 saturated heterocycles. The van der Waals surface area contributed by atoms with Crippen LogP contribution < -0.4 is 5.73 Å². The Morgan fingerprint density at radius 2 is 2.07 bits per heavy atom. The molecule has 0 aliphatic heterocycles. The van der Waals surface area contributed by atoms with Crippen LogP contribution >= 0.6 is 0 Å². The minimum absolute atomic E-state index is 0.0392. The van der Waals surface area contributed by atoms with Crippen LogP contribution in [0, 0.1) is 0 Å². The zero-order chi connectivity index (χ0) is 11.1. The first kappa shape index (κ1) is 13.2. The largest absolute Gasteiger partial charge is 0.338 e. The van der Waals surface area contributed by atoms with E-state index in [1.165, 1.54) is 0 Å². The topological polar surface area (TPSA) is 46.3 Å². The van der Waals surface area contributed by atoms with E-state index in [0.29, 0.717) is 13.1 Å². The van der Waals surface area contributed by atoms with Gasteiger partial charge in [-0.05, 0) is 20.3 Å². The number of nitrogens with zero attached hydrogens (tertiary/aromatic N) is 1. The van der Waals surface area contributed by atoms with E-state index in [0.717, 1.165) is 18.4 Å². The van der Waals surface area contributed by atoms with E-state index in [1.54, 1.807) is 4.90 Å². The molecule has 0 aliphatic rings. The molecule has 0 rings (SSSR count). The Balaban J connectivity index is 4.22. The molecule has 1 atom stereocenters. The highest BCUT2D eigenvalue weighted by molar-refractivity contribution is 5.81. The van der Waals surface area contributed by atoms with Crippen molar-refractivity contribution < 1.29 is 4.79 Å². The predicted molar refractivity (Wildman–Crippen MR) is 60.0 cm³/mol. The first-order valence-corrected chi connectivity index (χ1v) is 5.21. The maximum absolute atomic E-state index is 11.8. The SMILES string of the molecule is C=C(C)CN(CC)C(=O)C(N)CCC. The third kappa shape index (κ3) is 4.42. The average Bonchev–Trinajstić information content (AvgIpc) is 2.13. The molecule has 3 nitrogen and oxygen atoms in total. The van der Waals surface area contributed by atoms with E-state index in [1.807, 2.05) is 20.8 Å². The Morgan fingerprint density at radius 3 is 2.43 bits per heavy atom.